The van der Waals surface area contributed by atoms with Gasteiger partial charge in [0, 0.05) is 36.2 Å². The van der Waals surface area contributed by atoms with Gasteiger partial charge in [-0.15, -0.1) is 0 Å². The second kappa shape index (κ2) is 8.30. The second-order valence-corrected chi connectivity index (χ2v) is 11.6. The molecule has 0 unspecified atom stereocenters. The molecule has 6 N–H and O–H groups in total. The van der Waals surface area contributed by atoms with Crippen molar-refractivity contribution in [3.05, 3.63) is 44.7 Å². The van der Waals surface area contributed by atoms with Crippen molar-refractivity contribution in [3.8, 4) is 5.75 Å². The van der Waals surface area contributed by atoms with Crippen LogP contribution in [0.15, 0.2) is 16.9 Å². The van der Waals surface area contributed by atoms with E-state index in [-0.39, 0.29) is 42.2 Å². The highest BCUT2D eigenvalue weighted by Gasteiger charge is 2.64. The van der Waals surface area contributed by atoms with Crippen molar-refractivity contribution in [2.24, 2.45) is 17.6 Å². The number of likely N-dealkylation sites (N-methyl/N-ethyl adjacent to an activating group) is 1. The molecule has 1 heterocycles. The normalized spacial score (nSPS) is 30.4. The summed E-state index contributed by atoms with van der Waals surface area (Å²) in [6.07, 6.45) is -3.86. The number of aliphatic hydroxyl groups is 3. The predicted molar refractivity (Wildman–Crippen MR) is 132 cm³/mol. The molecule has 0 aromatic heterocycles. The number of alkyl halides is 3. The Morgan fingerprint density at radius 1 is 1.07 bits per heavy atom. The summed E-state index contributed by atoms with van der Waals surface area (Å²) in [6.45, 7) is 0.0388. The maximum Gasteiger partial charge on any atom is 0.417 e. The van der Waals surface area contributed by atoms with E-state index in [9.17, 15) is 48.0 Å². The predicted octanol–water partition coefficient (Wildman–Crippen LogP) is 1.46. The van der Waals surface area contributed by atoms with Crippen LogP contribution in [-0.4, -0.2) is 79.5 Å². The third-order valence-corrected chi connectivity index (χ3v) is 9.17. The van der Waals surface area contributed by atoms with Crippen LogP contribution in [0.4, 0.5) is 13.2 Å². The molecule has 1 aromatic carbocycles. The van der Waals surface area contributed by atoms with Crippen LogP contribution in [0.3, 0.4) is 0 Å². The van der Waals surface area contributed by atoms with Crippen LogP contribution in [0, 0.1) is 11.8 Å². The van der Waals surface area contributed by atoms with Crippen molar-refractivity contribution < 1.29 is 48.0 Å². The number of phenols is 1. The van der Waals surface area contributed by atoms with Crippen LogP contribution in [0.1, 0.15) is 47.1 Å². The van der Waals surface area contributed by atoms with Crippen LogP contribution in [-0.2, 0) is 40.1 Å². The molecule has 13 heteroatoms. The number of amides is 1. The molecule has 0 radical (unpaired) electrons. The first-order valence-electron chi connectivity index (χ1n) is 13.0. The summed E-state index contributed by atoms with van der Waals surface area (Å²) in [6, 6.07) is -1.21. The molecule has 4 aliphatic carbocycles. The molecule has 214 valence electrons. The summed E-state index contributed by atoms with van der Waals surface area (Å²) in [5.74, 6) is -8.75. The summed E-state index contributed by atoms with van der Waals surface area (Å²) in [7, 11) is 2.89. The van der Waals surface area contributed by atoms with E-state index >= 15 is 0 Å². The average molecular weight is 564 g/mol. The van der Waals surface area contributed by atoms with Crippen LogP contribution < -0.4 is 5.73 Å². The second-order valence-electron chi connectivity index (χ2n) is 11.6. The molecule has 40 heavy (non-hydrogen) atoms. The lowest BCUT2D eigenvalue weighted by Crippen LogP contribution is -2.65. The van der Waals surface area contributed by atoms with E-state index in [1.54, 1.807) is 0 Å². The fourth-order valence-electron chi connectivity index (χ4n) is 7.33. The van der Waals surface area contributed by atoms with E-state index < -0.39 is 93.1 Å². The number of phenolic OH excluding ortho intramolecular Hbond substituents is 1. The lowest BCUT2D eigenvalue weighted by molar-refractivity contribution is -0.153. The fourth-order valence-corrected chi connectivity index (χ4v) is 7.33. The van der Waals surface area contributed by atoms with Gasteiger partial charge in [-0.05, 0) is 56.8 Å². The number of nitrogens with zero attached hydrogens (tertiary/aromatic N) is 2. The Morgan fingerprint density at radius 3 is 2.25 bits per heavy atom. The van der Waals surface area contributed by atoms with Crippen molar-refractivity contribution >= 4 is 23.2 Å². The summed E-state index contributed by atoms with van der Waals surface area (Å²) in [4.78, 5) is 42.3. The third kappa shape index (κ3) is 3.37. The van der Waals surface area contributed by atoms with Crippen molar-refractivity contribution in [2.75, 3.05) is 14.1 Å². The Bertz CT molecular complexity index is 1480. The number of aromatic hydroxyl groups is 1. The molecule has 0 spiro atoms. The monoisotopic (exact) mass is 563 g/mol. The molecular formula is C27H28F3N3O7. The molecule has 6 rings (SSSR count). The number of hydrogen-bond acceptors (Lipinski definition) is 9. The number of hydrogen-bond donors (Lipinski definition) is 5. The first-order chi connectivity index (χ1) is 18.6. The topological polar surface area (TPSA) is 165 Å². The zero-order valence-electron chi connectivity index (χ0n) is 21.7. The Balaban J connectivity index is 1.58. The lowest BCUT2D eigenvalue weighted by Gasteiger charge is -2.50. The number of fused-ring (bicyclic) bond motifs is 4. The molecule has 4 atom stereocenters. The average Bonchev–Trinajstić information content (AvgIpc) is 3.59. The third-order valence-electron chi connectivity index (χ3n) is 9.17. The largest absolute Gasteiger partial charge is 0.508 e. The Morgan fingerprint density at radius 2 is 1.70 bits per heavy atom. The van der Waals surface area contributed by atoms with E-state index in [4.69, 9.17) is 5.73 Å². The van der Waals surface area contributed by atoms with E-state index in [0.717, 1.165) is 12.8 Å². The number of ketones is 2. The number of primary amides is 1. The molecule has 1 aromatic rings. The first kappa shape index (κ1) is 26.8. The van der Waals surface area contributed by atoms with Gasteiger partial charge >= 0.3 is 6.18 Å². The zero-order chi connectivity index (χ0) is 29.2. The summed E-state index contributed by atoms with van der Waals surface area (Å²) in [5.41, 5.74) is -0.862. The van der Waals surface area contributed by atoms with Crippen LogP contribution in [0.2, 0.25) is 0 Å². The number of nitrogens with two attached hydrogens (primary N) is 1. The van der Waals surface area contributed by atoms with Gasteiger partial charge in [0.15, 0.2) is 11.4 Å². The SMILES string of the molecule is CN(C)[C@@H]1C(=O)C(C(N)=O)=C(O)[C@@]2(O)C(=O)C3=C(O)c4c(O)c5c(c(C(F)(F)F)c4C[C@H]3C[C@@H]12)CN(C1CC1)C5. The summed E-state index contributed by atoms with van der Waals surface area (Å²) < 4.78 is 43.8. The summed E-state index contributed by atoms with van der Waals surface area (Å²) >= 11 is 0. The molecule has 0 bridgehead atoms. The highest BCUT2D eigenvalue weighted by molar-refractivity contribution is 6.24. The van der Waals surface area contributed by atoms with Gasteiger partial charge in [-0.25, -0.2) is 0 Å². The first-order valence-corrected chi connectivity index (χ1v) is 13.0. The number of benzene rings is 1. The standard InChI is InChI=1S/C27H28F3N3O7/c1-32(2)19-14-6-9-5-11-16(20(34)13-8-33(10-3-4-10)7-12(13)18(11)27(28,29)30)21(35)15(9)23(37)26(14,40)24(38)17(22(19)36)25(31)39/h9-10,14,19,34-35,38,40H,3-8H2,1-2H3,(H2,31,39)/t9-,14-,19-,26-/m0/s1. The number of halogens is 3. The van der Waals surface area contributed by atoms with Gasteiger partial charge in [0.05, 0.1) is 17.2 Å². The van der Waals surface area contributed by atoms with Gasteiger partial charge in [-0.1, -0.05) is 0 Å². The van der Waals surface area contributed by atoms with E-state index in [1.165, 1.54) is 19.0 Å². The van der Waals surface area contributed by atoms with Gasteiger partial charge in [0.1, 0.15) is 22.8 Å². The minimum absolute atomic E-state index is 0.00917. The molecule has 2 fully saturated rings. The highest BCUT2D eigenvalue weighted by Crippen LogP contribution is 2.56. The molecule has 0 saturated heterocycles. The molecule has 5 aliphatic rings. The molecular weight excluding hydrogens is 535 g/mol. The van der Waals surface area contributed by atoms with Crippen LogP contribution in [0.5, 0.6) is 5.75 Å². The van der Waals surface area contributed by atoms with Crippen molar-refractivity contribution in [3.63, 3.8) is 0 Å². The van der Waals surface area contributed by atoms with Crippen molar-refractivity contribution in [1.29, 1.82) is 0 Å². The van der Waals surface area contributed by atoms with Crippen molar-refractivity contribution in [1.82, 2.24) is 9.80 Å². The van der Waals surface area contributed by atoms with Crippen LogP contribution in [0.25, 0.3) is 5.76 Å². The maximum atomic E-state index is 14.6. The Hall–Kier alpha value is -3.42. The Kier molecular flexibility index (Phi) is 5.56. The summed E-state index contributed by atoms with van der Waals surface area (Å²) in [5, 5.41) is 45.1. The molecule has 10 nitrogen and oxygen atoms in total. The van der Waals surface area contributed by atoms with E-state index in [0.29, 0.717) is 0 Å². The maximum absolute atomic E-state index is 14.6. The van der Waals surface area contributed by atoms with E-state index in [1.807, 2.05) is 4.90 Å². The lowest BCUT2D eigenvalue weighted by atomic mass is 9.57. The minimum atomic E-state index is -4.83. The number of carbonyl (C=O) groups excluding carboxylic acids is 3. The smallest absolute Gasteiger partial charge is 0.417 e. The fraction of sp³-hybridized carbons (Fsp3) is 0.519. The minimum Gasteiger partial charge on any atom is -0.508 e. The van der Waals surface area contributed by atoms with Crippen LogP contribution >= 0.6 is 0 Å². The molecule has 1 aliphatic heterocycles. The quantitative estimate of drug-likeness (QED) is 0.343. The highest BCUT2D eigenvalue weighted by atomic mass is 19.4. The number of Topliss-reactive ketones (excluding diaryl/α,β-unsaturated/α-hetero) is 2. The van der Waals surface area contributed by atoms with Gasteiger partial charge in [0.2, 0.25) is 5.78 Å². The van der Waals surface area contributed by atoms with Crippen molar-refractivity contribution in [2.45, 2.75) is 62.6 Å². The Labute approximate surface area is 226 Å². The van der Waals surface area contributed by atoms with Gasteiger partial charge < -0.3 is 26.2 Å². The van der Waals surface area contributed by atoms with Gasteiger partial charge in [-0.3, -0.25) is 24.2 Å². The van der Waals surface area contributed by atoms with Gasteiger partial charge in [-0.2, -0.15) is 13.2 Å². The molecule has 2 saturated carbocycles. The number of carbonyl (C=O) groups is 3. The van der Waals surface area contributed by atoms with Gasteiger partial charge in [0.25, 0.3) is 5.91 Å². The zero-order valence-corrected chi connectivity index (χ0v) is 21.7. The number of rotatable bonds is 3. The number of aliphatic hydroxyl groups excluding tert-OH is 2. The molecule has 1 amide bonds. The van der Waals surface area contributed by atoms with E-state index in [2.05, 4.69) is 0 Å².